The summed E-state index contributed by atoms with van der Waals surface area (Å²) in [6, 6.07) is 9.41. The van der Waals surface area contributed by atoms with E-state index in [1.807, 2.05) is 0 Å². The van der Waals surface area contributed by atoms with Gasteiger partial charge in [-0.1, -0.05) is 18.2 Å². The van der Waals surface area contributed by atoms with Crippen molar-refractivity contribution in [2.24, 2.45) is 0 Å². The first kappa shape index (κ1) is 19.9. The molecule has 0 radical (unpaired) electrons. The van der Waals surface area contributed by atoms with Crippen molar-refractivity contribution in [2.75, 3.05) is 26.2 Å². The van der Waals surface area contributed by atoms with Crippen molar-refractivity contribution < 1.29 is 22.5 Å². The molecule has 8 nitrogen and oxygen atoms in total. The molecule has 0 bridgehead atoms. The van der Waals surface area contributed by atoms with Gasteiger partial charge in [0.2, 0.25) is 10.0 Å². The summed E-state index contributed by atoms with van der Waals surface area (Å²) in [5, 5.41) is 11.1. The lowest BCUT2D eigenvalue weighted by Gasteiger charge is -2.34. The molecule has 10 heteroatoms. The molecule has 0 atom stereocenters. The standard InChI is InChI=1S/C18H18FN3O5S/c1-13-14(5-4-7-16(13)22(24)25)18(23)20-9-11-21(12-10-20)28(26,27)17-8-3-2-6-15(17)19/h2-8H,9-12H2,1H3. The van der Waals surface area contributed by atoms with E-state index in [9.17, 15) is 27.7 Å². The molecular weight excluding hydrogens is 389 g/mol. The fraction of sp³-hybridized carbons (Fsp3) is 0.278. The van der Waals surface area contributed by atoms with E-state index in [0.29, 0.717) is 0 Å². The molecule has 148 valence electrons. The Morgan fingerprint density at radius 3 is 2.32 bits per heavy atom. The number of halogens is 1. The molecule has 1 heterocycles. The number of nitro groups is 1. The minimum atomic E-state index is -4.00. The topological polar surface area (TPSA) is 101 Å². The SMILES string of the molecule is Cc1c(C(=O)N2CCN(S(=O)(=O)c3ccccc3F)CC2)cccc1[N+](=O)[O-]. The van der Waals surface area contributed by atoms with Crippen LogP contribution in [-0.4, -0.2) is 54.6 Å². The molecule has 0 saturated carbocycles. The summed E-state index contributed by atoms with van der Waals surface area (Å²) in [6.07, 6.45) is 0. The van der Waals surface area contributed by atoms with E-state index in [2.05, 4.69) is 0 Å². The average Bonchev–Trinajstić information content (AvgIpc) is 2.67. The maximum atomic E-state index is 13.9. The van der Waals surface area contributed by atoms with Gasteiger partial charge < -0.3 is 4.90 Å². The van der Waals surface area contributed by atoms with Crippen molar-refractivity contribution in [3.05, 3.63) is 69.5 Å². The zero-order valence-corrected chi connectivity index (χ0v) is 15.9. The summed E-state index contributed by atoms with van der Waals surface area (Å²) in [5.74, 6) is -1.22. The van der Waals surface area contributed by atoms with E-state index < -0.39 is 31.6 Å². The smallest absolute Gasteiger partial charge is 0.273 e. The zero-order valence-electron chi connectivity index (χ0n) is 15.0. The fourth-order valence-corrected chi connectivity index (χ4v) is 4.64. The summed E-state index contributed by atoms with van der Waals surface area (Å²) >= 11 is 0. The van der Waals surface area contributed by atoms with Gasteiger partial charge in [-0.3, -0.25) is 14.9 Å². The van der Waals surface area contributed by atoms with Crippen molar-refractivity contribution in [3.63, 3.8) is 0 Å². The second-order valence-electron chi connectivity index (χ2n) is 6.33. The Morgan fingerprint density at radius 2 is 1.71 bits per heavy atom. The van der Waals surface area contributed by atoms with Gasteiger partial charge in [0.1, 0.15) is 10.7 Å². The highest BCUT2D eigenvalue weighted by atomic mass is 32.2. The molecule has 2 aromatic rings. The van der Waals surface area contributed by atoms with Crippen LogP contribution in [0, 0.1) is 22.9 Å². The number of hydrogen-bond donors (Lipinski definition) is 0. The molecule has 3 rings (SSSR count). The van der Waals surface area contributed by atoms with Crippen LogP contribution in [-0.2, 0) is 10.0 Å². The van der Waals surface area contributed by atoms with E-state index in [-0.39, 0.29) is 43.0 Å². The quantitative estimate of drug-likeness (QED) is 0.571. The van der Waals surface area contributed by atoms with Crippen molar-refractivity contribution in [2.45, 2.75) is 11.8 Å². The van der Waals surface area contributed by atoms with E-state index in [1.165, 1.54) is 48.2 Å². The minimum absolute atomic E-state index is 0.0103. The third-order valence-electron chi connectivity index (χ3n) is 4.71. The predicted octanol–water partition coefficient (Wildman–Crippen LogP) is 2.19. The molecule has 0 N–H and O–H groups in total. The highest BCUT2D eigenvalue weighted by Crippen LogP contribution is 2.24. The van der Waals surface area contributed by atoms with Crippen molar-refractivity contribution >= 4 is 21.6 Å². The number of nitro benzene ring substituents is 1. The Hall–Kier alpha value is -2.85. The monoisotopic (exact) mass is 407 g/mol. The molecule has 1 aliphatic rings. The van der Waals surface area contributed by atoms with Crippen LogP contribution in [0.4, 0.5) is 10.1 Å². The Balaban J connectivity index is 1.76. The molecule has 1 fully saturated rings. The molecule has 0 spiro atoms. The maximum Gasteiger partial charge on any atom is 0.273 e. The lowest BCUT2D eigenvalue weighted by atomic mass is 10.1. The summed E-state index contributed by atoms with van der Waals surface area (Å²) in [4.78, 5) is 24.3. The predicted molar refractivity (Wildman–Crippen MR) is 98.9 cm³/mol. The van der Waals surface area contributed by atoms with Gasteiger partial charge in [0, 0.05) is 43.4 Å². The van der Waals surface area contributed by atoms with Crippen molar-refractivity contribution in [1.29, 1.82) is 0 Å². The Kier molecular flexibility index (Phi) is 5.43. The third kappa shape index (κ3) is 3.60. The zero-order chi connectivity index (χ0) is 20.5. The molecule has 2 aromatic carbocycles. The molecular formula is C18H18FN3O5S. The first-order chi connectivity index (χ1) is 13.2. The number of rotatable bonds is 4. The van der Waals surface area contributed by atoms with Gasteiger partial charge in [0.15, 0.2) is 0 Å². The number of carbonyl (C=O) groups is 1. The van der Waals surface area contributed by atoms with Gasteiger partial charge in [-0.15, -0.1) is 0 Å². The normalized spacial score (nSPS) is 15.4. The summed E-state index contributed by atoms with van der Waals surface area (Å²) in [5.41, 5.74) is 0.324. The summed E-state index contributed by atoms with van der Waals surface area (Å²) in [6.45, 7) is 1.74. The molecule has 0 unspecified atom stereocenters. The van der Waals surface area contributed by atoms with Crippen LogP contribution in [0.25, 0.3) is 0 Å². The Morgan fingerprint density at radius 1 is 1.07 bits per heavy atom. The first-order valence-electron chi connectivity index (χ1n) is 8.51. The lowest BCUT2D eigenvalue weighted by molar-refractivity contribution is -0.385. The Bertz CT molecular complexity index is 1030. The molecule has 1 saturated heterocycles. The van der Waals surface area contributed by atoms with Crippen LogP contribution in [0.2, 0.25) is 0 Å². The minimum Gasteiger partial charge on any atom is -0.336 e. The van der Waals surface area contributed by atoms with Crippen molar-refractivity contribution in [1.82, 2.24) is 9.21 Å². The third-order valence-corrected chi connectivity index (χ3v) is 6.64. The van der Waals surface area contributed by atoms with Crippen LogP contribution in [0.15, 0.2) is 47.4 Å². The average molecular weight is 407 g/mol. The van der Waals surface area contributed by atoms with Gasteiger partial charge in [-0.05, 0) is 25.1 Å². The van der Waals surface area contributed by atoms with E-state index >= 15 is 0 Å². The first-order valence-corrected chi connectivity index (χ1v) is 9.95. The van der Waals surface area contributed by atoms with Gasteiger partial charge in [-0.25, -0.2) is 12.8 Å². The van der Waals surface area contributed by atoms with Gasteiger partial charge in [-0.2, -0.15) is 4.31 Å². The number of sulfonamides is 1. The highest BCUT2D eigenvalue weighted by molar-refractivity contribution is 7.89. The fourth-order valence-electron chi connectivity index (χ4n) is 3.15. The van der Waals surface area contributed by atoms with Crippen LogP contribution in [0.3, 0.4) is 0 Å². The second-order valence-corrected chi connectivity index (χ2v) is 8.24. The number of nitrogens with zero attached hydrogens (tertiary/aromatic N) is 3. The summed E-state index contributed by atoms with van der Waals surface area (Å²) in [7, 11) is -4.00. The largest absolute Gasteiger partial charge is 0.336 e. The van der Waals surface area contributed by atoms with Crippen LogP contribution < -0.4 is 0 Å². The Labute approximate surface area is 161 Å². The van der Waals surface area contributed by atoms with Gasteiger partial charge in [0.25, 0.3) is 11.6 Å². The molecule has 1 aliphatic heterocycles. The number of hydrogen-bond acceptors (Lipinski definition) is 5. The molecule has 0 aromatic heterocycles. The van der Waals surface area contributed by atoms with Crippen LogP contribution >= 0.6 is 0 Å². The highest BCUT2D eigenvalue weighted by Gasteiger charge is 2.32. The maximum absolute atomic E-state index is 13.9. The van der Waals surface area contributed by atoms with Crippen LogP contribution in [0.1, 0.15) is 15.9 Å². The second kappa shape index (κ2) is 7.64. The lowest BCUT2D eigenvalue weighted by Crippen LogP contribution is -2.50. The van der Waals surface area contributed by atoms with Gasteiger partial charge in [0.05, 0.1) is 4.92 Å². The number of amides is 1. The van der Waals surface area contributed by atoms with Crippen molar-refractivity contribution in [3.8, 4) is 0 Å². The number of benzene rings is 2. The molecule has 1 amide bonds. The van der Waals surface area contributed by atoms with Gasteiger partial charge >= 0.3 is 0 Å². The van der Waals surface area contributed by atoms with Crippen LogP contribution in [0.5, 0.6) is 0 Å². The number of carbonyl (C=O) groups excluding carboxylic acids is 1. The van der Waals surface area contributed by atoms with E-state index in [1.54, 1.807) is 0 Å². The van der Waals surface area contributed by atoms with E-state index in [4.69, 9.17) is 0 Å². The summed E-state index contributed by atoms with van der Waals surface area (Å²) < 4.78 is 40.3. The molecule has 28 heavy (non-hydrogen) atoms. The molecule has 0 aliphatic carbocycles. The van der Waals surface area contributed by atoms with E-state index in [0.717, 1.165) is 10.4 Å². The number of piperazine rings is 1.